The van der Waals surface area contributed by atoms with Gasteiger partial charge >= 0.3 is 12.1 Å². The lowest BCUT2D eigenvalue weighted by atomic mass is 10.1. The highest BCUT2D eigenvalue weighted by Gasteiger charge is 2.35. The van der Waals surface area contributed by atoms with Gasteiger partial charge in [0.25, 0.3) is 0 Å². The maximum Gasteiger partial charge on any atom is 0.401 e. The van der Waals surface area contributed by atoms with E-state index in [1.54, 1.807) is 0 Å². The van der Waals surface area contributed by atoms with Gasteiger partial charge in [-0.15, -0.1) is 0 Å². The summed E-state index contributed by atoms with van der Waals surface area (Å²) in [4.78, 5) is 11.1. The number of hydrogen-bond acceptors (Lipinski definition) is 3. The van der Waals surface area contributed by atoms with Crippen LogP contribution in [0.25, 0.3) is 0 Å². The minimum Gasteiger partial charge on any atom is -0.479 e. The van der Waals surface area contributed by atoms with Gasteiger partial charge in [-0.1, -0.05) is 0 Å². The predicted molar refractivity (Wildman–Crippen MR) is 41.8 cm³/mol. The summed E-state index contributed by atoms with van der Waals surface area (Å²) >= 11 is 0. The zero-order valence-corrected chi connectivity index (χ0v) is 7.80. The van der Waals surface area contributed by atoms with Gasteiger partial charge in [0.15, 0.2) is 5.60 Å². The van der Waals surface area contributed by atoms with Crippen molar-refractivity contribution in [1.82, 2.24) is 4.90 Å². The van der Waals surface area contributed by atoms with Crippen molar-refractivity contribution in [2.24, 2.45) is 0 Å². The Morgan fingerprint density at radius 1 is 1.36 bits per heavy atom. The van der Waals surface area contributed by atoms with E-state index in [0.717, 1.165) is 14.0 Å². The van der Waals surface area contributed by atoms with Crippen LogP contribution in [0.5, 0.6) is 0 Å². The highest BCUT2D eigenvalue weighted by molar-refractivity contribution is 5.76. The first-order valence-corrected chi connectivity index (χ1v) is 3.76. The standard InChI is InChI=1S/C7H12F3NO3/c1-6(14,5(12)13)3-11(2)4-7(8,9)10/h14H,3-4H2,1-2H3,(H,12,13). The van der Waals surface area contributed by atoms with Crippen LogP contribution in [0.4, 0.5) is 13.2 Å². The molecule has 2 N–H and O–H groups in total. The number of rotatable bonds is 4. The lowest BCUT2D eigenvalue weighted by Crippen LogP contribution is -2.47. The molecule has 0 aromatic rings. The number of carboxylic acid groups (broad SMARTS) is 1. The van der Waals surface area contributed by atoms with Gasteiger partial charge in [0.1, 0.15) is 0 Å². The molecular weight excluding hydrogens is 203 g/mol. The van der Waals surface area contributed by atoms with Crippen LogP contribution in [-0.4, -0.2) is 53.0 Å². The SMILES string of the molecule is CN(CC(F)(F)F)CC(C)(O)C(=O)O. The van der Waals surface area contributed by atoms with Crippen molar-refractivity contribution in [3.8, 4) is 0 Å². The zero-order valence-electron chi connectivity index (χ0n) is 7.80. The Kier molecular flexibility index (Phi) is 3.90. The molecule has 1 unspecified atom stereocenters. The summed E-state index contributed by atoms with van der Waals surface area (Å²) in [5.41, 5.74) is -2.17. The fraction of sp³-hybridized carbons (Fsp3) is 0.857. The molecule has 0 amide bonds. The van der Waals surface area contributed by atoms with Crippen LogP contribution in [0.1, 0.15) is 6.92 Å². The molecule has 7 heteroatoms. The fourth-order valence-corrected chi connectivity index (χ4v) is 0.955. The second kappa shape index (κ2) is 4.14. The van der Waals surface area contributed by atoms with Gasteiger partial charge in [-0.05, 0) is 14.0 Å². The number of aliphatic hydroxyl groups is 1. The first-order chi connectivity index (χ1) is 6.04. The van der Waals surface area contributed by atoms with E-state index >= 15 is 0 Å². The maximum absolute atomic E-state index is 11.8. The van der Waals surface area contributed by atoms with Crippen LogP contribution in [0.15, 0.2) is 0 Å². The van der Waals surface area contributed by atoms with E-state index in [-0.39, 0.29) is 0 Å². The largest absolute Gasteiger partial charge is 0.479 e. The summed E-state index contributed by atoms with van der Waals surface area (Å²) in [5, 5.41) is 17.6. The molecule has 0 bridgehead atoms. The third-order valence-electron chi connectivity index (χ3n) is 1.49. The summed E-state index contributed by atoms with van der Waals surface area (Å²) < 4.78 is 35.4. The Morgan fingerprint density at radius 3 is 2.07 bits per heavy atom. The van der Waals surface area contributed by atoms with E-state index < -0.39 is 30.8 Å². The van der Waals surface area contributed by atoms with Crippen LogP contribution < -0.4 is 0 Å². The molecule has 4 nitrogen and oxygen atoms in total. The predicted octanol–water partition coefficient (Wildman–Crippen LogP) is 0.316. The van der Waals surface area contributed by atoms with Gasteiger partial charge in [-0.2, -0.15) is 13.2 Å². The first kappa shape index (κ1) is 13.2. The van der Waals surface area contributed by atoms with Crippen LogP contribution in [0, 0.1) is 0 Å². The van der Waals surface area contributed by atoms with Crippen molar-refractivity contribution in [3.05, 3.63) is 0 Å². The molecular formula is C7H12F3NO3. The first-order valence-electron chi connectivity index (χ1n) is 3.76. The molecule has 0 aliphatic carbocycles. The molecule has 0 rings (SSSR count). The summed E-state index contributed by atoms with van der Waals surface area (Å²) in [6, 6.07) is 0. The van der Waals surface area contributed by atoms with E-state index in [9.17, 15) is 18.0 Å². The van der Waals surface area contributed by atoms with Crippen molar-refractivity contribution < 1.29 is 28.2 Å². The summed E-state index contributed by atoms with van der Waals surface area (Å²) in [6.07, 6.45) is -4.40. The average molecular weight is 215 g/mol. The molecule has 1 atom stereocenters. The smallest absolute Gasteiger partial charge is 0.401 e. The molecule has 0 aliphatic heterocycles. The molecule has 0 saturated carbocycles. The number of hydrogen-bond donors (Lipinski definition) is 2. The van der Waals surface area contributed by atoms with Gasteiger partial charge in [-0.25, -0.2) is 4.79 Å². The minimum atomic E-state index is -4.40. The third kappa shape index (κ3) is 5.03. The van der Waals surface area contributed by atoms with Gasteiger partial charge in [-0.3, -0.25) is 4.90 Å². The fourth-order valence-electron chi connectivity index (χ4n) is 0.955. The lowest BCUT2D eigenvalue weighted by Gasteiger charge is -2.25. The van der Waals surface area contributed by atoms with Gasteiger partial charge in [0, 0.05) is 6.54 Å². The quantitative estimate of drug-likeness (QED) is 0.708. The molecule has 0 aromatic carbocycles. The number of likely N-dealkylation sites (N-methyl/N-ethyl adjacent to an activating group) is 1. The van der Waals surface area contributed by atoms with Crippen molar-refractivity contribution in [2.45, 2.75) is 18.7 Å². The average Bonchev–Trinajstić information content (AvgIpc) is 1.79. The highest BCUT2D eigenvalue weighted by Crippen LogP contribution is 2.17. The van der Waals surface area contributed by atoms with Crippen LogP contribution in [0.2, 0.25) is 0 Å². The van der Waals surface area contributed by atoms with Crippen molar-refractivity contribution in [3.63, 3.8) is 0 Å². The molecule has 0 heterocycles. The summed E-state index contributed by atoms with van der Waals surface area (Å²) in [5.74, 6) is -1.55. The van der Waals surface area contributed by atoms with E-state index in [2.05, 4.69) is 0 Å². The Hall–Kier alpha value is -0.820. The zero-order chi connectivity index (χ0) is 11.6. The highest BCUT2D eigenvalue weighted by atomic mass is 19.4. The topological polar surface area (TPSA) is 60.8 Å². The van der Waals surface area contributed by atoms with E-state index in [4.69, 9.17) is 10.2 Å². The second-order valence-corrected chi connectivity index (χ2v) is 3.37. The number of aliphatic carboxylic acids is 1. The molecule has 14 heavy (non-hydrogen) atoms. The Labute approximate surface area is 78.9 Å². The molecule has 0 radical (unpaired) electrons. The van der Waals surface area contributed by atoms with Crippen LogP contribution in [0.3, 0.4) is 0 Å². The molecule has 0 aromatic heterocycles. The number of carboxylic acids is 1. The Morgan fingerprint density at radius 2 is 1.79 bits per heavy atom. The van der Waals surface area contributed by atoms with Crippen molar-refractivity contribution >= 4 is 5.97 Å². The Balaban J connectivity index is 4.19. The maximum atomic E-state index is 11.8. The number of alkyl halides is 3. The van der Waals surface area contributed by atoms with E-state index in [1.807, 2.05) is 0 Å². The monoisotopic (exact) mass is 215 g/mol. The lowest BCUT2D eigenvalue weighted by molar-refractivity contribution is -0.166. The molecule has 0 saturated heterocycles. The third-order valence-corrected chi connectivity index (χ3v) is 1.49. The number of nitrogens with zero attached hydrogens (tertiary/aromatic N) is 1. The molecule has 84 valence electrons. The van der Waals surface area contributed by atoms with Gasteiger partial charge in [0.2, 0.25) is 0 Å². The summed E-state index contributed by atoms with van der Waals surface area (Å²) in [7, 11) is 1.09. The van der Waals surface area contributed by atoms with Crippen LogP contribution >= 0.6 is 0 Å². The van der Waals surface area contributed by atoms with Crippen molar-refractivity contribution in [1.29, 1.82) is 0 Å². The van der Waals surface area contributed by atoms with Gasteiger partial charge in [0.05, 0.1) is 6.54 Å². The van der Waals surface area contributed by atoms with E-state index in [1.165, 1.54) is 0 Å². The molecule has 0 spiro atoms. The molecule has 0 fully saturated rings. The van der Waals surface area contributed by atoms with Crippen LogP contribution in [-0.2, 0) is 4.79 Å². The Bertz CT molecular complexity index is 215. The number of carbonyl (C=O) groups is 1. The van der Waals surface area contributed by atoms with Gasteiger partial charge < -0.3 is 10.2 Å². The van der Waals surface area contributed by atoms with E-state index in [0.29, 0.717) is 4.90 Å². The normalized spacial score (nSPS) is 16.8. The number of halogens is 3. The second-order valence-electron chi connectivity index (χ2n) is 3.37. The molecule has 0 aliphatic rings. The van der Waals surface area contributed by atoms with Crippen molar-refractivity contribution in [2.75, 3.05) is 20.1 Å². The minimum absolute atomic E-state index is 0.582. The summed E-state index contributed by atoms with van der Waals surface area (Å²) in [6.45, 7) is -0.888.